The van der Waals surface area contributed by atoms with Crippen molar-refractivity contribution in [2.24, 2.45) is 0 Å². The van der Waals surface area contributed by atoms with Crippen molar-refractivity contribution in [2.45, 2.75) is 38.6 Å². The van der Waals surface area contributed by atoms with Gasteiger partial charge in [0.1, 0.15) is 12.5 Å². The zero-order valence-corrected chi connectivity index (χ0v) is 11.7. The lowest BCUT2D eigenvalue weighted by atomic mass is 10.4. The molecule has 0 saturated heterocycles. The predicted octanol–water partition coefficient (Wildman–Crippen LogP) is 2.80. The van der Waals surface area contributed by atoms with Gasteiger partial charge in [0.25, 0.3) is 0 Å². The monoisotopic (exact) mass is 281 g/mol. The summed E-state index contributed by atoms with van der Waals surface area (Å²) in [4.78, 5) is 0. The molecule has 1 heterocycles. The topological polar surface area (TPSA) is 53.1 Å². The molecule has 0 saturated carbocycles. The van der Waals surface area contributed by atoms with Gasteiger partial charge >= 0.3 is 6.18 Å². The van der Waals surface area contributed by atoms with Crippen LogP contribution >= 0.6 is 0 Å². The molecule has 0 fully saturated rings. The fourth-order valence-electron chi connectivity index (χ4n) is 1.20. The number of alkyl halides is 3. The molecule has 4 nitrogen and oxygen atoms in total. The standard InChI is InChI=1S/C10H18F3N3OSi/c1-18(2,3)5-4-17-7-16-9(14)6-8(15-16)10(11,12)13/h6H,4-5,7,14H2,1-3H3. The molecule has 0 aromatic carbocycles. The predicted molar refractivity (Wildman–Crippen MR) is 65.7 cm³/mol. The molecule has 8 heteroatoms. The second-order valence-corrected chi connectivity index (χ2v) is 10.9. The van der Waals surface area contributed by atoms with Gasteiger partial charge < -0.3 is 10.5 Å². The molecule has 104 valence electrons. The molecule has 0 unspecified atom stereocenters. The van der Waals surface area contributed by atoms with E-state index in [4.69, 9.17) is 10.5 Å². The van der Waals surface area contributed by atoms with E-state index in [1.165, 1.54) is 0 Å². The molecule has 1 rings (SSSR count). The zero-order valence-electron chi connectivity index (χ0n) is 10.7. The zero-order chi connectivity index (χ0) is 14.0. The molecule has 0 amide bonds. The second-order valence-electron chi connectivity index (χ2n) is 5.30. The van der Waals surface area contributed by atoms with Crippen LogP contribution in [0.1, 0.15) is 5.69 Å². The van der Waals surface area contributed by atoms with Gasteiger partial charge in [-0.1, -0.05) is 19.6 Å². The van der Waals surface area contributed by atoms with E-state index in [1.54, 1.807) is 0 Å². The van der Waals surface area contributed by atoms with Crippen LogP contribution in [0.5, 0.6) is 0 Å². The molecular weight excluding hydrogens is 263 g/mol. The highest BCUT2D eigenvalue weighted by Crippen LogP contribution is 2.29. The van der Waals surface area contributed by atoms with Crippen molar-refractivity contribution in [1.29, 1.82) is 0 Å². The Hall–Kier alpha value is -1.02. The number of hydrogen-bond acceptors (Lipinski definition) is 3. The minimum atomic E-state index is -4.47. The van der Waals surface area contributed by atoms with Gasteiger partial charge in [0.2, 0.25) is 0 Å². The van der Waals surface area contributed by atoms with Crippen LogP contribution in [0.2, 0.25) is 25.7 Å². The van der Waals surface area contributed by atoms with E-state index in [-0.39, 0.29) is 12.5 Å². The molecule has 0 bridgehead atoms. The van der Waals surface area contributed by atoms with Gasteiger partial charge in [-0.05, 0) is 6.04 Å². The molecule has 0 aliphatic rings. The molecule has 1 aromatic heterocycles. The molecular formula is C10H18F3N3OSi. The number of hydrogen-bond donors (Lipinski definition) is 1. The summed E-state index contributed by atoms with van der Waals surface area (Å²) in [5, 5.41) is 3.37. The first-order valence-electron chi connectivity index (χ1n) is 5.58. The largest absolute Gasteiger partial charge is 0.435 e. The Morgan fingerprint density at radius 2 is 2.00 bits per heavy atom. The van der Waals surface area contributed by atoms with Crippen LogP contribution < -0.4 is 5.73 Å². The lowest BCUT2D eigenvalue weighted by Gasteiger charge is -2.15. The maximum Gasteiger partial charge on any atom is 0.435 e. The van der Waals surface area contributed by atoms with E-state index in [1.807, 2.05) is 0 Å². The highest BCUT2D eigenvalue weighted by atomic mass is 28.3. The average Bonchev–Trinajstić information content (AvgIpc) is 2.53. The molecule has 0 aliphatic carbocycles. The van der Waals surface area contributed by atoms with Crippen molar-refractivity contribution in [3.63, 3.8) is 0 Å². The summed E-state index contributed by atoms with van der Waals surface area (Å²) >= 11 is 0. The van der Waals surface area contributed by atoms with Crippen LogP contribution in [0.15, 0.2) is 6.07 Å². The van der Waals surface area contributed by atoms with Crippen LogP contribution in [-0.2, 0) is 17.6 Å². The van der Waals surface area contributed by atoms with Gasteiger partial charge in [-0.25, -0.2) is 4.68 Å². The maximum absolute atomic E-state index is 12.4. The van der Waals surface area contributed by atoms with E-state index >= 15 is 0 Å². The summed E-state index contributed by atoms with van der Waals surface area (Å²) in [7, 11) is -1.20. The van der Waals surface area contributed by atoms with Gasteiger partial charge in [0.05, 0.1) is 0 Å². The van der Waals surface area contributed by atoms with Crippen molar-refractivity contribution < 1.29 is 17.9 Å². The number of ether oxygens (including phenoxy) is 1. The lowest BCUT2D eigenvalue weighted by molar-refractivity contribution is -0.141. The maximum atomic E-state index is 12.4. The van der Waals surface area contributed by atoms with E-state index in [0.717, 1.165) is 16.8 Å². The van der Waals surface area contributed by atoms with Crippen LogP contribution in [0.25, 0.3) is 0 Å². The number of rotatable bonds is 5. The average molecular weight is 281 g/mol. The normalized spacial score (nSPS) is 13.0. The van der Waals surface area contributed by atoms with E-state index in [9.17, 15) is 13.2 Å². The van der Waals surface area contributed by atoms with Crippen molar-refractivity contribution in [3.8, 4) is 0 Å². The van der Waals surface area contributed by atoms with Crippen LogP contribution in [0.4, 0.5) is 19.0 Å². The lowest BCUT2D eigenvalue weighted by Crippen LogP contribution is -2.22. The molecule has 0 spiro atoms. The van der Waals surface area contributed by atoms with Crippen molar-refractivity contribution in [3.05, 3.63) is 11.8 Å². The quantitative estimate of drug-likeness (QED) is 0.667. The summed E-state index contributed by atoms with van der Waals surface area (Å²) in [6, 6.07) is 1.75. The van der Waals surface area contributed by atoms with Gasteiger partial charge in [0.15, 0.2) is 5.69 Å². The molecule has 2 N–H and O–H groups in total. The van der Waals surface area contributed by atoms with E-state index < -0.39 is 19.9 Å². The molecule has 0 radical (unpaired) electrons. The fourth-order valence-corrected chi connectivity index (χ4v) is 1.96. The molecule has 1 aromatic rings. The first kappa shape index (κ1) is 15.0. The minimum Gasteiger partial charge on any atom is -0.384 e. The highest BCUT2D eigenvalue weighted by molar-refractivity contribution is 6.76. The number of aromatic nitrogens is 2. The first-order valence-corrected chi connectivity index (χ1v) is 9.28. The van der Waals surface area contributed by atoms with Crippen LogP contribution in [0.3, 0.4) is 0 Å². The summed E-state index contributed by atoms with van der Waals surface area (Å²) < 4.78 is 43.4. The van der Waals surface area contributed by atoms with Crippen molar-refractivity contribution in [1.82, 2.24) is 9.78 Å². The Morgan fingerprint density at radius 1 is 1.39 bits per heavy atom. The Morgan fingerprint density at radius 3 is 2.44 bits per heavy atom. The summed E-state index contributed by atoms with van der Waals surface area (Å²) in [5.41, 5.74) is 4.44. The van der Waals surface area contributed by atoms with Gasteiger partial charge in [-0.3, -0.25) is 0 Å². The Bertz CT molecular complexity index is 398. The number of nitrogen functional groups attached to an aromatic ring is 1. The Labute approximate surface area is 105 Å². The number of anilines is 1. The fraction of sp³-hybridized carbons (Fsp3) is 0.700. The van der Waals surface area contributed by atoms with Gasteiger partial charge in [0, 0.05) is 20.7 Å². The molecule has 0 aliphatic heterocycles. The highest BCUT2D eigenvalue weighted by Gasteiger charge is 2.34. The third-order valence-electron chi connectivity index (χ3n) is 2.31. The summed E-state index contributed by atoms with van der Waals surface area (Å²) in [5.74, 6) is -0.0460. The second kappa shape index (κ2) is 5.31. The SMILES string of the molecule is C[Si](C)(C)CCOCn1nc(C(F)(F)F)cc1N. The number of nitrogens with zero attached hydrogens (tertiary/aromatic N) is 2. The van der Waals surface area contributed by atoms with Crippen LogP contribution in [-0.4, -0.2) is 24.5 Å². The smallest absolute Gasteiger partial charge is 0.384 e. The molecule has 18 heavy (non-hydrogen) atoms. The third kappa shape index (κ3) is 4.69. The third-order valence-corrected chi connectivity index (χ3v) is 4.02. The Balaban J connectivity index is 2.51. The van der Waals surface area contributed by atoms with Gasteiger partial charge in [-0.2, -0.15) is 18.3 Å². The first-order chi connectivity index (χ1) is 8.09. The van der Waals surface area contributed by atoms with E-state index in [0.29, 0.717) is 6.61 Å². The van der Waals surface area contributed by atoms with Gasteiger partial charge in [-0.15, -0.1) is 0 Å². The number of halogens is 3. The minimum absolute atomic E-state index is 0.0460. The van der Waals surface area contributed by atoms with Crippen molar-refractivity contribution in [2.75, 3.05) is 12.3 Å². The summed E-state index contributed by atoms with van der Waals surface area (Å²) in [6.07, 6.45) is -4.47. The molecule has 0 atom stereocenters. The Kier molecular flexibility index (Phi) is 4.44. The van der Waals surface area contributed by atoms with Crippen LogP contribution in [0, 0.1) is 0 Å². The van der Waals surface area contributed by atoms with E-state index in [2.05, 4.69) is 24.7 Å². The van der Waals surface area contributed by atoms with Crippen molar-refractivity contribution >= 4 is 13.9 Å². The number of nitrogens with two attached hydrogens (primary N) is 1. The summed E-state index contributed by atoms with van der Waals surface area (Å²) in [6.45, 7) is 7.05.